The fourth-order valence-corrected chi connectivity index (χ4v) is 1.05. The van der Waals surface area contributed by atoms with Gasteiger partial charge in [-0.3, -0.25) is 4.79 Å². The highest BCUT2D eigenvalue weighted by Crippen LogP contribution is 2.13. The molecule has 0 bridgehead atoms. The van der Waals surface area contributed by atoms with Crippen molar-refractivity contribution in [2.24, 2.45) is 0 Å². The molecule has 64 valence electrons. The smallest absolute Gasteiger partial charge is 0.315 e. The minimum Gasteiger partial charge on any atom is -0.618 e. The van der Waals surface area contributed by atoms with Gasteiger partial charge >= 0.3 is 5.97 Å². The molecule has 0 N–H and O–H groups in total. The van der Waals surface area contributed by atoms with Gasteiger partial charge < -0.3 is 9.39 Å². The van der Waals surface area contributed by atoms with Crippen LogP contribution in [-0.2, 0) is 8.98 Å². The van der Waals surface area contributed by atoms with Crippen LogP contribution in [0.2, 0.25) is 0 Å². The summed E-state index contributed by atoms with van der Waals surface area (Å²) in [4.78, 5) is 10.4. The van der Waals surface area contributed by atoms with E-state index in [9.17, 15) is 10.0 Å². The molecule has 0 fully saturated rings. The Hall–Kier alpha value is -1.23. The Morgan fingerprint density at radius 2 is 2.42 bits per heavy atom. The summed E-state index contributed by atoms with van der Waals surface area (Å²) in [6.07, 6.45) is 1.34. The van der Waals surface area contributed by atoms with E-state index in [-0.39, 0.29) is 0 Å². The summed E-state index contributed by atoms with van der Waals surface area (Å²) in [6.45, 7) is 1.28. The third-order valence-corrected chi connectivity index (χ3v) is 1.84. The maximum atomic E-state index is 10.9. The van der Waals surface area contributed by atoms with Crippen LogP contribution in [0.1, 0.15) is 6.92 Å². The Balaban J connectivity index is 2.63. The lowest BCUT2D eigenvalue weighted by atomic mass is 10.5. The standard InChI is InChI=1S/C7H7NO3S/c1-6(9)11-12-7-4-2-3-5-8(7)10/h2-5H,1H3. The molecule has 0 spiro atoms. The van der Waals surface area contributed by atoms with Crippen molar-refractivity contribution in [2.75, 3.05) is 0 Å². The molecule has 1 aromatic rings. The van der Waals surface area contributed by atoms with Gasteiger partial charge in [-0.1, -0.05) is 0 Å². The molecule has 0 aliphatic rings. The van der Waals surface area contributed by atoms with E-state index in [1.54, 1.807) is 18.2 Å². The van der Waals surface area contributed by atoms with Gasteiger partial charge in [-0.05, 0) is 6.07 Å². The Bertz CT molecular complexity index is 290. The van der Waals surface area contributed by atoms with Crippen molar-refractivity contribution in [1.29, 1.82) is 0 Å². The largest absolute Gasteiger partial charge is 0.618 e. The highest BCUT2D eigenvalue weighted by molar-refractivity contribution is 7.94. The Morgan fingerprint density at radius 3 is 3.00 bits per heavy atom. The molecule has 0 atom stereocenters. The first-order valence-electron chi connectivity index (χ1n) is 3.23. The second kappa shape index (κ2) is 3.96. The Kier molecular flexibility index (Phi) is 2.93. The van der Waals surface area contributed by atoms with Crippen LogP contribution in [0.3, 0.4) is 0 Å². The van der Waals surface area contributed by atoms with Crippen LogP contribution in [0.15, 0.2) is 29.4 Å². The highest BCUT2D eigenvalue weighted by Gasteiger charge is 2.06. The number of pyridine rings is 1. The zero-order valence-corrected chi connectivity index (χ0v) is 7.21. The van der Waals surface area contributed by atoms with E-state index in [2.05, 4.69) is 4.18 Å². The van der Waals surface area contributed by atoms with Crippen molar-refractivity contribution in [1.82, 2.24) is 0 Å². The van der Waals surface area contributed by atoms with Crippen LogP contribution < -0.4 is 4.73 Å². The number of rotatable bonds is 2. The number of carbonyl (C=O) groups is 1. The first kappa shape index (κ1) is 8.86. The maximum absolute atomic E-state index is 10.9. The molecule has 1 heterocycles. The Labute approximate surface area is 73.9 Å². The second-order valence-corrected chi connectivity index (χ2v) is 2.77. The van der Waals surface area contributed by atoms with E-state index < -0.39 is 5.97 Å². The summed E-state index contributed by atoms with van der Waals surface area (Å²) in [5.41, 5.74) is 0. The predicted molar refractivity (Wildman–Crippen MR) is 43.0 cm³/mol. The summed E-state index contributed by atoms with van der Waals surface area (Å²) in [7, 11) is 0. The fraction of sp³-hybridized carbons (Fsp3) is 0.143. The molecule has 0 aliphatic heterocycles. The summed E-state index contributed by atoms with van der Waals surface area (Å²) >= 11 is 0.756. The van der Waals surface area contributed by atoms with Crippen LogP contribution in [-0.4, -0.2) is 5.97 Å². The SMILES string of the molecule is CC(=O)OSc1cccc[n+]1[O-]. The average Bonchev–Trinajstić information content (AvgIpc) is 2.03. The van der Waals surface area contributed by atoms with Gasteiger partial charge in [0.25, 0.3) is 5.03 Å². The quantitative estimate of drug-likeness (QED) is 0.390. The predicted octanol–water partition coefficient (Wildman–Crippen LogP) is 0.890. The van der Waals surface area contributed by atoms with Gasteiger partial charge in [0.15, 0.2) is 18.2 Å². The first-order chi connectivity index (χ1) is 5.70. The number of hydrogen-bond acceptors (Lipinski definition) is 4. The number of aromatic nitrogens is 1. The molecule has 1 rings (SSSR count). The van der Waals surface area contributed by atoms with Crippen LogP contribution in [0, 0.1) is 5.21 Å². The van der Waals surface area contributed by atoms with Crippen LogP contribution in [0.4, 0.5) is 0 Å². The number of carbonyl (C=O) groups excluding carboxylic acids is 1. The summed E-state index contributed by atoms with van der Waals surface area (Å²) < 4.78 is 5.20. The van der Waals surface area contributed by atoms with E-state index in [1.165, 1.54) is 13.1 Å². The molecular formula is C7H7NO3S. The van der Waals surface area contributed by atoms with Crippen molar-refractivity contribution in [3.63, 3.8) is 0 Å². The van der Waals surface area contributed by atoms with Crippen LogP contribution in [0.25, 0.3) is 0 Å². The van der Waals surface area contributed by atoms with Gasteiger partial charge in [0.2, 0.25) is 0 Å². The molecule has 5 heteroatoms. The van der Waals surface area contributed by atoms with Crippen molar-refractivity contribution in [3.05, 3.63) is 29.6 Å². The third kappa shape index (κ3) is 2.43. The van der Waals surface area contributed by atoms with E-state index in [4.69, 9.17) is 0 Å². The monoisotopic (exact) mass is 185 g/mol. The lowest BCUT2D eigenvalue weighted by Gasteiger charge is -2.00. The lowest BCUT2D eigenvalue weighted by molar-refractivity contribution is -0.645. The molecule has 0 saturated heterocycles. The normalized spacial score (nSPS) is 9.42. The molecule has 1 aromatic heterocycles. The highest BCUT2D eigenvalue weighted by atomic mass is 32.2. The zero-order chi connectivity index (χ0) is 8.97. The summed E-state index contributed by atoms with van der Waals surface area (Å²) in [5.74, 6) is -0.427. The average molecular weight is 185 g/mol. The van der Waals surface area contributed by atoms with E-state index in [1.807, 2.05) is 0 Å². The molecule has 0 radical (unpaired) electrons. The van der Waals surface area contributed by atoms with Gasteiger partial charge in [0, 0.05) is 19.1 Å². The Morgan fingerprint density at radius 1 is 1.67 bits per heavy atom. The minimum atomic E-state index is -0.427. The van der Waals surface area contributed by atoms with Crippen molar-refractivity contribution in [3.8, 4) is 0 Å². The molecule has 4 nitrogen and oxygen atoms in total. The van der Waals surface area contributed by atoms with Gasteiger partial charge in [0.05, 0.1) is 0 Å². The lowest BCUT2D eigenvalue weighted by Crippen LogP contribution is -2.27. The first-order valence-corrected chi connectivity index (χ1v) is 3.97. The van der Waals surface area contributed by atoms with E-state index in [0.29, 0.717) is 9.76 Å². The van der Waals surface area contributed by atoms with Crippen LogP contribution >= 0.6 is 12.0 Å². The molecule has 0 saturated carbocycles. The molecular weight excluding hydrogens is 178 g/mol. The molecule has 0 amide bonds. The van der Waals surface area contributed by atoms with Gasteiger partial charge in [-0.2, -0.15) is 4.73 Å². The minimum absolute atomic E-state index is 0.340. The second-order valence-electron chi connectivity index (χ2n) is 2.02. The van der Waals surface area contributed by atoms with Gasteiger partial charge in [-0.25, -0.2) is 0 Å². The van der Waals surface area contributed by atoms with Gasteiger partial charge in [-0.15, -0.1) is 0 Å². The topological polar surface area (TPSA) is 53.2 Å². The summed E-state index contributed by atoms with van der Waals surface area (Å²) in [6, 6.07) is 4.87. The van der Waals surface area contributed by atoms with Crippen molar-refractivity contribution < 1.29 is 13.7 Å². The third-order valence-electron chi connectivity index (χ3n) is 1.03. The van der Waals surface area contributed by atoms with Crippen LogP contribution in [0.5, 0.6) is 0 Å². The number of hydrogen-bond donors (Lipinski definition) is 0. The fourth-order valence-electron chi connectivity index (χ4n) is 0.579. The van der Waals surface area contributed by atoms with E-state index in [0.717, 1.165) is 12.0 Å². The molecule has 12 heavy (non-hydrogen) atoms. The number of nitrogens with zero attached hydrogens (tertiary/aromatic N) is 1. The summed E-state index contributed by atoms with van der Waals surface area (Å²) in [5, 5.41) is 11.3. The molecule has 0 unspecified atom stereocenters. The van der Waals surface area contributed by atoms with Crippen molar-refractivity contribution >= 4 is 18.0 Å². The van der Waals surface area contributed by atoms with Gasteiger partial charge in [0.1, 0.15) is 0 Å². The molecule has 0 aromatic carbocycles. The zero-order valence-electron chi connectivity index (χ0n) is 6.39. The maximum Gasteiger partial charge on any atom is 0.315 e. The van der Waals surface area contributed by atoms with E-state index >= 15 is 0 Å². The molecule has 0 aliphatic carbocycles. The van der Waals surface area contributed by atoms with Crippen molar-refractivity contribution in [2.45, 2.75) is 11.9 Å².